The molecule has 0 spiro atoms. The lowest BCUT2D eigenvalue weighted by Gasteiger charge is -2.11. The Morgan fingerprint density at radius 1 is 0.900 bits per heavy atom. The summed E-state index contributed by atoms with van der Waals surface area (Å²) in [5, 5.41) is 5.94. The molecule has 4 rings (SSSR count). The number of thiophene rings is 1. The van der Waals surface area contributed by atoms with E-state index >= 15 is 0 Å². The largest absolute Gasteiger partial charge is 0.457 e. The molecule has 0 aliphatic heterocycles. The number of para-hydroxylation sites is 1. The van der Waals surface area contributed by atoms with Gasteiger partial charge in [0.2, 0.25) is 0 Å². The first-order chi connectivity index (χ1) is 14.7. The number of pyridine rings is 1. The van der Waals surface area contributed by atoms with Crippen LogP contribution in [-0.4, -0.2) is 16.0 Å². The Kier molecular flexibility index (Phi) is 6.12. The molecule has 2 aromatic heterocycles. The number of ether oxygens (including phenoxy) is 1. The summed E-state index contributed by atoms with van der Waals surface area (Å²) >= 11 is 6.66. The summed E-state index contributed by atoms with van der Waals surface area (Å²) in [6.45, 7) is 0. The van der Waals surface area contributed by atoms with Gasteiger partial charge in [0.05, 0.1) is 15.4 Å². The van der Waals surface area contributed by atoms with E-state index in [4.69, 9.17) is 17.0 Å². The van der Waals surface area contributed by atoms with Gasteiger partial charge in [-0.1, -0.05) is 30.3 Å². The molecular weight excluding hydrogens is 414 g/mol. The van der Waals surface area contributed by atoms with E-state index in [1.165, 1.54) is 11.3 Å². The molecule has 0 fully saturated rings. The van der Waals surface area contributed by atoms with Crippen LogP contribution in [0, 0.1) is 0 Å². The predicted molar refractivity (Wildman–Crippen MR) is 124 cm³/mol. The zero-order valence-electron chi connectivity index (χ0n) is 15.7. The van der Waals surface area contributed by atoms with Crippen molar-refractivity contribution < 1.29 is 9.53 Å². The van der Waals surface area contributed by atoms with E-state index in [1.54, 1.807) is 12.3 Å². The molecule has 2 aromatic carbocycles. The molecule has 0 aliphatic carbocycles. The maximum absolute atomic E-state index is 12.5. The van der Waals surface area contributed by atoms with Gasteiger partial charge in [-0.2, -0.15) is 0 Å². The van der Waals surface area contributed by atoms with E-state index in [0.717, 1.165) is 16.3 Å². The molecule has 148 valence electrons. The Labute approximate surface area is 183 Å². The third-order valence-electron chi connectivity index (χ3n) is 4.05. The van der Waals surface area contributed by atoms with E-state index in [-0.39, 0.29) is 11.0 Å². The summed E-state index contributed by atoms with van der Waals surface area (Å²) in [5.74, 6) is 1.14. The van der Waals surface area contributed by atoms with Gasteiger partial charge in [0, 0.05) is 18.0 Å². The Morgan fingerprint density at radius 3 is 2.50 bits per heavy atom. The number of nitrogens with zero attached hydrogens (tertiary/aromatic N) is 1. The average molecular weight is 432 g/mol. The summed E-state index contributed by atoms with van der Waals surface area (Å²) in [4.78, 5) is 18.3. The number of rotatable bonds is 5. The second-order valence-corrected chi connectivity index (χ2v) is 7.72. The molecule has 5 nitrogen and oxygen atoms in total. The van der Waals surface area contributed by atoms with Crippen LogP contribution in [0.25, 0.3) is 10.6 Å². The summed E-state index contributed by atoms with van der Waals surface area (Å²) in [7, 11) is 0. The third-order valence-corrected chi connectivity index (χ3v) is 5.36. The van der Waals surface area contributed by atoms with Crippen LogP contribution in [0.15, 0.2) is 91.1 Å². The maximum Gasteiger partial charge on any atom is 0.267 e. The number of hydrogen-bond acceptors (Lipinski definition) is 5. The van der Waals surface area contributed by atoms with E-state index in [0.29, 0.717) is 16.3 Å². The zero-order valence-corrected chi connectivity index (χ0v) is 17.4. The van der Waals surface area contributed by atoms with E-state index < -0.39 is 0 Å². The van der Waals surface area contributed by atoms with Crippen LogP contribution in [0.1, 0.15) is 9.67 Å². The van der Waals surface area contributed by atoms with Gasteiger partial charge in [-0.05, 0) is 60.7 Å². The van der Waals surface area contributed by atoms with Gasteiger partial charge < -0.3 is 10.1 Å². The van der Waals surface area contributed by atoms with Gasteiger partial charge in [-0.15, -0.1) is 11.3 Å². The first-order valence-corrected chi connectivity index (χ1v) is 10.4. The fourth-order valence-electron chi connectivity index (χ4n) is 2.70. The van der Waals surface area contributed by atoms with Crippen LogP contribution < -0.4 is 15.4 Å². The Balaban J connectivity index is 1.37. The highest BCUT2D eigenvalue weighted by Gasteiger charge is 2.12. The van der Waals surface area contributed by atoms with Gasteiger partial charge in [0.15, 0.2) is 5.11 Å². The first kappa shape index (κ1) is 19.8. The summed E-state index contributed by atoms with van der Waals surface area (Å²) in [6, 6.07) is 26.2. The minimum Gasteiger partial charge on any atom is -0.457 e. The molecule has 30 heavy (non-hydrogen) atoms. The Morgan fingerprint density at radius 2 is 1.70 bits per heavy atom. The summed E-state index contributed by atoms with van der Waals surface area (Å²) in [6.07, 6.45) is 1.73. The smallest absolute Gasteiger partial charge is 0.267 e. The van der Waals surface area contributed by atoms with Crippen molar-refractivity contribution in [3.8, 4) is 22.1 Å². The van der Waals surface area contributed by atoms with Gasteiger partial charge in [-0.3, -0.25) is 15.1 Å². The average Bonchev–Trinajstić information content (AvgIpc) is 3.26. The van der Waals surface area contributed by atoms with E-state index in [2.05, 4.69) is 15.6 Å². The lowest BCUT2D eigenvalue weighted by Crippen LogP contribution is -2.33. The molecule has 0 atom stereocenters. The Hall–Kier alpha value is -3.55. The highest BCUT2D eigenvalue weighted by Crippen LogP contribution is 2.26. The van der Waals surface area contributed by atoms with E-state index in [1.807, 2.05) is 78.9 Å². The summed E-state index contributed by atoms with van der Waals surface area (Å²) < 4.78 is 5.82. The molecule has 0 saturated carbocycles. The van der Waals surface area contributed by atoms with Gasteiger partial charge in [0.25, 0.3) is 5.91 Å². The molecular formula is C23H17N3O2S2. The van der Waals surface area contributed by atoms with Crippen LogP contribution in [-0.2, 0) is 0 Å². The van der Waals surface area contributed by atoms with Crippen molar-refractivity contribution in [2.75, 3.05) is 5.32 Å². The number of anilines is 1. The molecule has 1 amide bonds. The zero-order chi connectivity index (χ0) is 20.8. The van der Waals surface area contributed by atoms with Crippen LogP contribution in [0.2, 0.25) is 0 Å². The van der Waals surface area contributed by atoms with Crippen molar-refractivity contribution in [1.82, 2.24) is 10.3 Å². The molecule has 0 unspecified atom stereocenters. The van der Waals surface area contributed by atoms with Crippen molar-refractivity contribution in [3.05, 3.63) is 96.0 Å². The molecule has 2 heterocycles. The number of nitrogens with one attached hydrogen (secondary N) is 2. The van der Waals surface area contributed by atoms with Gasteiger partial charge in [0.1, 0.15) is 11.5 Å². The van der Waals surface area contributed by atoms with Crippen molar-refractivity contribution in [3.63, 3.8) is 0 Å². The lowest BCUT2D eigenvalue weighted by molar-refractivity contribution is 0.0981. The third kappa shape index (κ3) is 5.08. The summed E-state index contributed by atoms with van der Waals surface area (Å²) in [5.41, 5.74) is 1.55. The number of thiocarbonyl (C=S) groups is 1. The van der Waals surface area contributed by atoms with Crippen LogP contribution in [0.5, 0.6) is 11.5 Å². The quantitative estimate of drug-likeness (QED) is 0.395. The topological polar surface area (TPSA) is 63.2 Å². The number of amides is 1. The first-order valence-electron chi connectivity index (χ1n) is 9.14. The molecule has 0 aliphatic rings. The fraction of sp³-hybridized carbons (Fsp3) is 0. The van der Waals surface area contributed by atoms with Crippen LogP contribution in [0.3, 0.4) is 0 Å². The predicted octanol–water partition coefficient (Wildman–Crippen LogP) is 5.73. The van der Waals surface area contributed by atoms with Crippen molar-refractivity contribution in [2.45, 2.75) is 0 Å². The maximum atomic E-state index is 12.5. The molecule has 0 radical (unpaired) electrons. The second kappa shape index (κ2) is 9.30. The highest BCUT2D eigenvalue weighted by molar-refractivity contribution is 7.80. The minimum absolute atomic E-state index is 0.213. The van der Waals surface area contributed by atoms with Crippen LogP contribution >= 0.6 is 23.6 Å². The second-order valence-electron chi connectivity index (χ2n) is 6.23. The molecule has 0 saturated heterocycles. The lowest BCUT2D eigenvalue weighted by atomic mass is 10.3. The SMILES string of the molecule is O=C(NC(=S)Nc1cccc(Oc2ccccc2)c1)c1ccc(-c2ccccn2)s1. The van der Waals surface area contributed by atoms with E-state index in [9.17, 15) is 4.79 Å². The van der Waals surface area contributed by atoms with Crippen molar-refractivity contribution in [1.29, 1.82) is 0 Å². The molecule has 4 aromatic rings. The normalized spacial score (nSPS) is 10.3. The number of carbonyl (C=O) groups is 1. The van der Waals surface area contributed by atoms with Crippen LogP contribution in [0.4, 0.5) is 5.69 Å². The number of hydrogen-bond donors (Lipinski definition) is 2. The number of aromatic nitrogens is 1. The minimum atomic E-state index is -0.267. The van der Waals surface area contributed by atoms with Gasteiger partial charge >= 0.3 is 0 Å². The monoisotopic (exact) mass is 431 g/mol. The van der Waals surface area contributed by atoms with Crippen molar-refractivity contribution in [2.24, 2.45) is 0 Å². The molecule has 2 N–H and O–H groups in total. The standard InChI is InChI=1S/C23H17N3O2S2/c27-22(21-13-12-20(30-21)19-11-4-5-14-24-19)26-23(29)25-16-7-6-10-18(15-16)28-17-8-2-1-3-9-17/h1-15H,(H2,25,26,27,29). The highest BCUT2D eigenvalue weighted by atomic mass is 32.1. The number of benzene rings is 2. The number of carbonyl (C=O) groups excluding carboxylic acids is 1. The fourth-order valence-corrected chi connectivity index (χ4v) is 3.78. The van der Waals surface area contributed by atoms with Gasteiger partial charge in [-0.25, -0.2) is 0 Å². The van der Waals surface area contributed by atoms with Crippen molar-refractivity contribution >= 4 is 40.3 Å². The molecule has 7 heteroatoms. The molecule has 0 bridgehead atoms. The Bertz CT molecular complexity index is 1160.